The number of hydrogen-bond acceptors (Lipinski definition) is 3. The highest BCUT2D eigenvalue weighted by Crippen LogP contribution is 2.47. The van der Waals surface area contributed by atoms with Crippen LogP contribution in [0.3, 0.4) is 0 Å². The fourth-order valence-corrected chi connectivity index (χ4v) is 6.65. The quantitative estimate of drug-likeness (QED) is 0.734. The normalized spacial score (nSPS) is 30.4. The van der Waals surface area contributed by atoms with Crippen molar-refractivity contribution in [1.82, 2.24) is 10.6 Å². The largest absolute Gasteiger partial charge is 0.400 e. The van der Waals surface area contributed by atoms with E-state index in [0.717, 1.165) is 31.5 Å². The molecule has 0 spiro atoms. The zero-order chi connectivity index (χ0) is 19.1. The first kappa shape index (κ1) is 19.2. The van der Waals surface area contributed by atoms with Crippen LogP contribution in [0.1, 0.15) is 37.7 Å². The summed E-state index contributed by atoms with van der Waals surface area (Å²) in [6.07, 6.45) is 5.81. The lowest BCUT2D eigenvalue weighted by Gasteiger charge is -2.45. The van der Waals surface area contributed by atoms with Gasteiger partial charge < -0.3 is 15.1 Å². The number of piperidine rings is 1. The molecule has 1 aliphatic heterocycles. The Morgan fingerprint density at radius 3 is 2.30 bits per heavy atom. The molecule has 5 heteroatoms. The maximum atomic E-state index is 13.9. The Labute approximate surface area is 164 Å². The Morgan fingerprint density at radius 1 is 1.07 bits per heavy atom. The predicted octanol–water partition coefficient (Wildman–Crippen LogP) is 3.65. The van der Waals surface area contributed by atoms with Crippen molar-refractivity contribution in [3.8, 4) is 0 Å². The van der Waals surface area contributed by atoms with Crippen molar-refractivity contribution in [2.24, 2.45) is 17.8 Å². The maximum absolute atomic E-state index is 13.9. The molecule has 1 heterocycles. The SMILES string of the molecule is C[Si](C)(C)OC(C(=O)NC1C2CNCC21)(c1ccccc1)C1CCCCC1. The Bertz CT molecular complexity index is 659. The fourth-order valence-electron chi connectivity index (χ4n) is 5.31. The molecule has 2 aliphatic carbocycles. The molecule has 0 radical (unpaired) electrons. The second-order valence-electron chi connectivity index (χ2n) is 9.64. The van der Waals surface area contributed by atoms with Crippen molar-refractivity contribution in [1.29, 1.82) is 0 Å². The molecule has 1 saturated heterocycles. The minimum atomic E-state index is -1.95. The van der Waals surface area contributed by atoms with E-state index in [0.29, 0.717) is 17.9 Å². The lowest BCUT2D eigenvalue weighted by molar-refractivity contribution is -0.146. The Kier molecular flexibility index (Phi) is 5.21. The predicted molar refractivity (Wildman–Crippen MR) is 111 cm³/mol. The molecule has 4 rings (SSSR count). The minimum Gasteiger partial charge on any atom is -0.400 e. The highest BCUT2D eigenvalue weighted by Gasteiger charge is 2.57. The summed E-state index contributed by atoms with van der Waals surface area (Å²) in [5, 5.41) is 6.85. The molecule has 0 bridgehead atoms. The third kappa shape index (κ3) is 3.74. The summed E-state index contributed by atoms with van der Waals surface area (Å²) in [7, 11) is -1.95. The lowest BCUT2D eigenvalue weighted by atomic mass is 9.72. The summed E-state index contributed by atoms with van der Waals surface area (Å²) in [6.45, 7) is 8.68. The number of rotatable bonds is 6. The van der Waals surface area contributed by atoms with Gasteiger partial charge in [0.2, 0.25) is 0 Å². The molecule has 3 unspecified atom stereocenters. The number of hydrogen-bond donors (Lipinski definition) is 2. The van der Waals surface area contributed by atoms with Gasteiger partial charge in [0, 0.05) is 25.0 Å². The highest BCUT2D eigenvalue weighted by molar-refractivity contribution is 6.70. The lowest BCUT2D eigenvalue weighted by Crippen LogP contribution is -2.57. The van der Waals surface area contributed by atoms with E-state index >= 15 is 0 Å². The van der Waals surface area contributed by atoms with Crippen LogP contribution in [0.15, 0.2) is 30.3 Å². The van der Waals surface area contributed by atoms with E-state index in [2.05, 4.69) is 42.4 Å². The van der Waals surface area contributed by atoms with E-state index in [1.165, 1.54) is 19.3 Å². The van der Waals surface area contributed by atoms with Gasteiger partial charge in [-0.2, -0.15) is 0 Å². The monoisotopic (exact) mass is 386 g/mol. The van der Waals surface area contributed by atoms with Gasteiger partial charge in [-0.05, 0) is 49.9 Å². The molecule has 3 fully saturated rings. The van der Waals surface area contributed by atoms with Crippen LogP contribution in [0.5, 0.6) is 0 Å². The zero-order valence-corrected chi connectivity index (χ0v) is 18.0. The molecule has 2 N–H and O–H groups in total. The van der Waals surface area contributed by atoms with Crippen LogP contribution >= 0.6 is 0 Å². The topological polar surface area (TPSA) is 50.4 Å². The van der Waals surface area contributed by atoms with Crippen molar-refractivity contribution in [2.75, 3.05) is 13.1 Å². The molecular formula is C22H34N2O2Si. The molecular weight excluding hydrogens is 352 g/mol. The van der Waals surface area contributed by atoms with Crippen LogP contribution in [0.2, 0.25) is 19.6 Å². The average molecular weight is 387 g/mol. The maximum Gasteiger partial charge on any atom is 0.256 e. The van der Waals surface area contributed by atoms with Gasteiger partial charge in [0.05, 0.1) is 0 Å². The Morgan fingerprint density at radius 2 is 1.70 bits per heavy atom. The summed E-state index contributed by atoms with van der Waals surface area (Å²) in [4.78, 5) is 13.9. The van der Waals surface area contributed by atoms with E-state index < -0.39 is 13.9 Å². The molecule has 4 nitrogen and oxygen atoms in total. The van der Waals surface area contributed by atoms with Gasteiger partial charge in [-0.3, -0.25) is 4.79 Å². The summed E-state index contributed by atoms with van der Waals surface area (Å²) < 4.78 is 6.87. The molecule has 27 heavy (non-hydrogen) atoms. The first-order chi connectivity index (χ1) is 12.9. The van der Waals surface area contributed by atoms with Crippen LogP contribution in [0.25, 0.3) is 0 Å². The van der Waals surface area contributed by atoms with E-state index in [1.54, 1.807) is 0 Å². The Balaban J connectivity index is 1.70. The average Bonchev–Trinajstić information content (AvgIpc) is 3.07. The van der Waals surface area contributed by atoms with E-state index in [-0.39, 0.29) is 11.8 Å². The molecule has 1 aromatic carbocycles. The van der Waals surface area contributed by atoms with Crippen LogP contribution in [0, 0.1) is 17.8 Å². The highest BCUT2D eigenvalue weighted by atomic mass is 28.4. The third-order valence-corrected chi connectivity index (χ3v) is 7.51. The standard InChI is InChI=1S/C22H34N2O2Si/c1-27(2,3)26-22(16-10-6-4-7-11-16,17-12-8-5-9-13-17)21(25)24-20-18-14-23-15-19(18)20/h4,6-7,10-11,17-20,23H,5,8-9,12-15H2,1-3H3,(H,24,25). The molecule has 3 aliphatic rings. The first-order valence-corrected chi connectivity index (χ1v) is 14.1. The molecule has 2 saturated carbocycles. The van der Waals surface area contributed by atoms with Gasteiger partial charge in [-0.1, -0.05) is 49.6 Å². The van der Waals surface area contributed by atoms with Crippen LogP contribution in [-0.4, -0.2) is 33.4 Å². The second kappa shape index (κ2) is 7.34. The van der Waals surface area contributed by atoms with Crippen molar-refractivity contribution >= 4 is 14.2 Å². The summed E-state index contributed by atoms with van der Waals surface area (Å²) in [5.41, 5.74) is 0.206. The van der Waals surface area contributed by atoms with Gasteiger partial charge in [0.25, 0.3) is 5.91 Å². The van der Waals surface area contributed by atoms with Gasteiger partial charge in [-0.15, -0.1) is 0 Å². The van der Waals surface area contributed by atoms with Crippen molar-refractivity contribution in [2.45, 2.75) is 63.4 Å². The minimum absolute atomic E-state index is 0.113. The summed E-state index contributed by atoms with van der Waals surface area (Å²) >= 11 is 0. The van der Waals surface area contributed by atoms with Gasteiger partial charge in [0.1, 0.15) is 0 Å². The fraction of sp³-hybridized carbons (Fsp3) is 0.682. The van der Waals surface area contributed by atoms with Crippen molar-refractivity contribution < 1.29 is 9.22 Å². The van der Waals surface area contributed by atoms with Crippen molar-refractivity contribution in [3.05, 3.63) is 35.9 Å². The number of amides is 1. The van der Waals surface area contributed by atoms with E-state index in [4.69, 9.17) is 4.43 Å². The van der Waals surface area contributed by atoms with Gasteiger partial charge >= 0.3 is 0 Å². The molecule has 1 aromatic rings. The molecule has 0 aromatic heterocycles. The number of carbonyl (C=O) groups is 1. The number of carbonyl (C=O) groups excluding carboxylic acids is 1. The van der Waals surface area contributed by atoms with Crippen molar-refractivity contribution in [3.63, 3.8) is 0 Å². The smallest absolute Gasteiger partial charge is 0.256 e. The molecule has 148 valence electrons. The first-order valence-electron chi connectivity index (χ1n) is 10.7. The third-order valence-electron chi connectivity index (χ3n) is 6.58. The summed E-state index contributed by atoms with van der Waals surface area (Å²) in [5.74, 6) is 1.60. The van der Waals surface area contributed by atoms with Crippen LogP contribution in [-0.2, 0) is 14.8 Å². The van der Waals surface area contributed by atoms with E-state index in [1.807, 2.05) is 18.2 Å². The van der Waals surface area contributed by atoms with Crippen LogP contribution < -0.4 is 10.6 Å². The second-order valence-corrected chi connectivity index (χ2v) is 14.1. The summed E-state index contributed by atoms with van der Waals surface area (Å²) in [6, 6.07) is 10.6. The zero-order valence-electron chi connectivity index (χ0n) is 17.0. The number of fused-ring (bicyclic) bond motifs is 1. The number of benzene rings is 1. The van der Waals surface area contributed by atoms with Crippen LogP contribution in [0.4, 0.5) is 0 Å². The van der Waals surface area contributed by atoms with Gasteiger partial charge in [0.15, 0.2) is 13.9 Å². The molecule has 3 atom stereocenters. The van der Waals surface area contributed by atoms with Gasteiger partial charge in [-0.25, -0.2) is 0 Å². The number of nitrogens with one attached hydrogen (secondary N) is 2. The Hall–Kier alpha value is -1.17. The molecule has 1 amide bonds. The van der Waals surface area contributed by atoms with E-state index in [9.17, 15) is 4.79 Å².